The Bertz CT molecular complexity index is 904. The summed E-state index contributed by atoms with van der Waals surface area (Å²) in [5, 5.41) is 10.8. The van der Waals surface area contributed by atoms with Crippen molar-refractivity contribution in [2.75, 3.05) is 7.11 Å². The van der Waals surface area contributed by atoms with E-state index in [1.54, 1.807) is 18.2 Å². The zero-order chi connectivity index (χ0) is 19.1. The Morgan fingerprint density at radius 2 is 2.12 bits per heavy atom. The maximum absolute atomic E-state index is 12.8. The van der Waals surface area contributed by atoms with E-state index in [-0.39, 0.29) is 5.41 Å². The lowest BCUT2D eigenvalue weighted by Gasteiger charge is -2.15. The summed E-state index contributed by atoms with van der Waals surface area (Å²) in [5.41, 5.74) is -0.423. The first-order valence-corrected chi connectivity index (χ1v) is 9.66. The van der Waals surface area contributed by atoms with Gasteiger partial charge in [0.1, 0.15) is 5.75 Å². The molecule has 1 fully saturated rings. The van der Waals surface area contributed by atoms with Gasteiger partial charge in [-0.1, -0.05) is 32.4 Å². The summed E-state index contributed by atoms with van der Waals surface area (Å²) >= 11 is 7.49. The molecule has 0 saturated heterocycles. The monoisotopic (exact) mass is 394 g/mol. The van der Waals surface area contributed by atoms with Gasteiger partial charge < -0.3 is 14.4 Å². The second-order valence-electron chi connectivity index (χ2n) is 7.74. The molecule has 1 saturated carbocycles. The van der Waals surface area contributed by atoms with Crippen LogP contribution in [0, 0.1) is 0 Å². The Kier molecular flexibility index (Phi) is 5.03. The van der Waals surface area contributed by atoms with Crippen LogP contribution in [0.1, 0.15) is 48.8 Å². The van der Waals surface area contributed by atoms with Crippen LogP contribution in [0.2, 0.25) is 5.02 Å². The van der Waals surface area contributed by atoms with Crippen LogP contribution in [0.15, 0.2) is 29.4 Å². The lowest BCUT2D eigenvalue weighted by Crippen LogP contribution is -2.25. The highest BCUT2D eigenvalue weighted by atomic mass is 35.5. The SMILES string of the molecule is COc1ccc(Cl)cc1C(=O)/N=c1\sc(C(C)(C)C)cn1CC1(O)CC1. The van der Waals surface area contributed by atoms with E-state index >= 15 is 0 Å². The fourth-order valence-electron chi connectivity index (χ4n) is 2.54. The number of benzene rings is 1. The smallest absolute Gasteiger partial charge is 0.283 e. The van der Waals surface area contributed by atoms with Gasteiger partial charge in [-0.2, -0.15) is 4.99 Å². The van der Waals surface area contributed by atoms with E-state index in [0.717, 1.165) is 17.7 Å². The first-order valence-electron chi connectivity index (χ1n) is 8.47. The van der Waals surface area contributed by atoms with Crippen molar-refractivity contribution in [2.24, 2.45) is 4.99 Å². The van der Waals surface area contributed by atoms with Gasteiger partial charge in [0.2, 0.25) is 0 Å². The number of aliphatic hydroxyl groups is 1. The van der Waals surface area contributed by atoms with Crippen molar-refractivity contribution < 1.29 is 14.6 Å². The van der Waals surface area contributed by atoms with Gasteiger partial charge in [0.25, 0.3) is 5.91 Å². The molecule has 1 amide bonds. The van der Waals surface area contributed by atoms with Gasteiger partial charge in [0.15, 0.2) is 4.80 Å². The van der Waals surface area contributed by atoms with Crippen LogP contribution in [-0.4, -0.2) is 28.3 Å². The molecule has 5 nitrogen and oxygen atoms in total. The van der Waals surface area contributed by atoms with E-state index in [9.17, 15) is 9.90 Å². The number of carbonyl (C=O) groups is 1. The van der Waals surface area contributed by atoms with Crippen molar-refractivity contribution in [1.29, 1.82) is 0 Å². The van der Waals surface area contributed by atoms with E-state index in [2.05, 4.69) is 25.8 Å². The molecule has 0 atom stereocenters. The molecule has 1 N–H and O–H groups in total. The Labute approximate surface area is 161 Å². The Morgan fingerprint density at radius 3 is 2.69 bits per heavy atom. The number of carbonyl (C=O) groups excluding carboxylic acids is 1. The Morgan fingerprint density at radius 1 is 1.42 bits per heavy atom. The van der Waals surface area contributed by atoms with Gasteiger partial charge in [-0.15, -0.1) is 11.3 Å². The number of hydrogen-bond acceptors (Lipinski definition) is 4. The first kappa shape index (κ1) is 19.1. The number of aromatic nitrogens is 1. The third-order valence-electron chi connectivity index (χ3n) is 4.34. The highest BCUT2D eigenvalue weighted by molar-refractivity contribution is 7.09. The number of methoxy groups -OCH3 is 1. The standard InChI is InChI=1S/C19H23ClN2O3S/c1-18(2,3)15-10-22(11-19(24)7-8-19)17(26-15)21-16(23)13-9-12(20)5-6-14(13)25-4/h5-6,9-10,24H,7-8,11H2,1-4H3/b21-17-. The molecule has 3 rings (SSSR count). The zero-order valence-electron chi connectivity index (χ0n) is 15.4. The first-order chi connectivity index (χ1) is 12.1. The maximum Gasteiger partial charge on any atom is 0.283 e. The molecule has 0 aliphatic heterocycles. The van der Waals surface area contributed by atoms with Crippen LogP contribution in [0.25, 0.3) is 0 Å². The van der Waals surface area contributed by atoms with Gasteiger partial charge in [-0.25, -0.2) is 0 Å². The second kappa shape index (κ2) is 6.83. The molecule has 2 aromatic rings. The van der Waals surface area contributed by atoms with E-state index in [0.29, 0.717) is 27.7 Å². The van der Waals surface area contributed by atoms with Gasteiger partial charge in [-0.3, -0.25) is 4.79 Å². The summed E-state index contributed by atoms with van der Waals surface area (Å²) in [6, 6.07) is 4.88. The second-order valence-corrected chi connectivity index (χ2v) is 9.19. The van der Waals surface area contributed by atoms with Crippen molar-refractivity contribution in [3.63, 3.8) is 0 Å². The van der Waals surface area contributed by atoms with Gasteiger partial charge in [0, 0.05) is 16.1 Å². The minimum absolute atomic E-state index is 0.0663. The average Bonchev–Trinajstić information content (AvgIpc) is 3.14. The zero-order valence-corrected chi connectivity index (χ0v) is 16.9. The largest absolute Gasteiger partial charge is 0.496 e. The van der Waals surface area contributed by atoms with E-state index in [4.69, 9.17) is 16.3 Å². The third-order valence-corrected chi connectivity index (χ3v) is 6.02. The molecule has 0 unspecified atom stereocenters. The van der Waals surface area contributed by atoms with Crippen LogP contribution in [-0.2, 0) is 12.0 Å². The summed E-state index contributed by atoms with van der Waals surface area (Å²) < 4.78 is 7.14. The fraction of sp³-hybridized carbons (Fsp3) is 0.474. The van der Waals surface area contributed by atoms with E-state index < -0.39 is 11.5 Å². The van der Waals surface area contributed by atoms with E-state index in [1.807, 2.05) is 10.8 Å². The Balaban J connectivity index is 2.05. The molecular weight excluding hydrogens is 372 g/mol. The molecule has 1 aromatic heterocycles. The number of hydrogen-bond donors (Lipinski definition) is 1. The third kappa shape index (κ3) is 4.19. The number of amides is 1. The maximum atomic E-state index is 12.8. The fourth-order valence-corrected chi connectivity index (χ4v) is 3.76. The van der Waals surface area contributed by atoms with Crippen molar-refractivity contribution >= 4 is 28.8 Å². The molecule has 1 aliphatic carbocycles. The average molecular weight is 395 g/mol. The molecule has 1 heterocycles. The lowest BCUT2D eigenvalue weighted by molar-refractivity contribution is 0.0991. The van der Waals surface area contributed by atoms with Crippen LogP contribution in [0.3, 0.4) is 0 Å². The summed E-state index contributed by atoms with van der Waals surface area (Å²) in [5.74, 6) is 0.0197. The minimum atomic E-state index is -0.679. The normalized spacial score (nSPS) is 16.6. The molecule has 0 radical (unpaired) electrons. The topological polar surface area (TPSA) is 63.8 Å². The molecular formula is C19H23ClN2O3S. The molecule has 140 valence electrons. The highest BCUT2D eigenvalue weighted by Crippen LogP contribution is 2.37. The van der Waals surface area contributed by atoms with Crippen LogP contribution < -0.4 is 9.54 Å². The van der Waals surface area contributed by atoms with E-state index in [1.165, 1.54) is 18.4 Å². The van der Waals surface area contributed by atoms with Crippen LogP contribution in [0.4, 0.5) is 0 Å². The number of rotatable bonds is 4. The predicted molar refractivity (Wildman–Crippen MR) is 103 cm³/mol. The summed E-state index contributed by atoms with van der Waals surface area (Å²) in [4.78, 5) is 18.8. The van der Waals surface area contributed by atoms with Crippen molar-refractivity contribution in [3.8, 4) is 5.75 Å². The number of halogens is 1. The summed E-state index contributed by atoms with van der Waals surface area (Å²) in [7, 11) is 1.51. The predicted octanol–water partition coefficient (Wildman–Crippen LogP) is 3.78. The molecule has 0 spiro atoms. The number of nitrogens with zero attached hydrogens (tertiary/aromatic N) is 2. The highest BCUT2D eigenvalue weighted by Gasteiger charge is 2.41. The molecule has 26 heavy (non-hydrogen) atoms. The summed E-state index contributed by atoms with van der Waals surface area (Å²) in [6.45, 7) is 6.78. The van der Waals surface area contributed by atoms with Crippen molar-refractivity contribution in [2.45, 2.75) is 51.2 Å². The van der Waals surface area contributed by atoms with Crippen molar-refractivity contribution in [1.82, 2.24) is 4.57 Å². The summed E-state index contributed by atoms with van der Waals surface area (Å²) in [6.07, 6.45) is 3.54. The van der Waals surface area contributed by atoms with Crippen LogP contribution in [0.5, 0.6) is 5.75 Å². The molecule has 1 aromatic carbocycles. The van der Waals surface area contributed by atoms with Gasteiger partial charge in [0.05, 0.1) is 24.8 Å². The minimum Gasteiger partial charge on any atom is -0.496 e. The molecule has 0 bridgehead atoms. The number of thiazole rings is 1. The molecule has 7 heteroatoms. The quantitative estimate of drug-likeness (QED) is 0.858. The Hall–Kier alpha value is -1.63. The van der Waals surface area contributed by atoms with Crippen molar-refractivity contribution in [3.05, 3.63) is 44.7 Å². The number of ether oxygens (including phenoxy) is 1. The lowest BCUT2D eigenvalue weighted by atomic mass is 9.95. The molecule has 1 aliphatic rings. The van der Waals surface area contributed by atoms with Gasteiger partial charge in [-0.05, 0) is 36.5 Å². The van der Waals surface area contributed by atoms with Crippen LogP contribution >= 0.6 is 22.9 Å². The van der Waals surface area contributed by atoms with Gasteiger partial charge >= 0.3 is 0 Å².